The van der Waals surface area contributed by atoms with E-state index in [1.165, 1.54) is 0 Å². The molecule has 0 spiro atoms. The molecule has 0 bridgehead atoms. The van der Waals surface area contributed by atoms with E-state index in [0.29, 0.717) is 6.42 Å². The Kier molecular flexibility index (Phi) is 2.07. The number of hydrogen-bond acceptors (Lipinski definition) is 3. The highest BCUT2D eigenvalue weighted by Gasteiger charge is 2.32. The van der Waals surface area contributed by atoms with Crippen LogP contribution in [-0.2, 0) is 6.42 Å². The maximum absolute atomic E-state index is 9.59. The second kappa shape index (κ2) is 3.10. The van der Waals surface area contributed by atoms with Gasteiger partial charge in [-0.2, -0.15) is 0 Å². The summed E-state index contributed by atoms with van der Waals surface area (Å²) in [6.45, 7) is 0. The van der Waals surface area contributed by atoms with Crippen LogP contribution < -0.4 is 0 Å². The summed E-state index contributed by atoms with van der Waals surface area (Å²) < 4.78 is 0. The summed E-state index contributed by atoms with van der Waals surface area (Å²) in [6.07, 6.45) is -2.46. The number of hydrogen-bond donors (Lipinski definition) is 3. The molecule has 0 radical (unpaired) electrons. The van der Waals surface area contributed by atoms with Crippen molar-refractivity contribution in [1.29, 1.82) is 0 Å². The SMILES string of the molecule is OC1Cc2ccccc2C(O)C1O. The normalized spacial score (nSPS) is 32.7. The van der Waals surface area contributed by atoms with Crippen LogP contribution in [0.1, 0.15) is 17.2 Å². The molecule has 3 nitrogen and oxygen atoms in total. The van der Waals surface area contributed by atoms with Crippen molar-refractivity contribution >= 4 is 0 Å². The minimum absolute atomic E-state index is 0.411. The molecule has 1 aromatic carbocycles. The smallest absolute Gasteiger partial charge is 0.110 e. The molecule has 1 aliphatic carbocycles. The van der Waals surface area contributed by atoms with Crippen molar-refractivity contribution in [3.8, 4) is 0 Å². The molecule has 3 unspecified atom stereocenters. The Morgan fingerprint density at radius 2 is 1.77 bits per heavy atom. The van der Waals surface area contributed by atoms with E-state index >= 15 is 0 Å². The second-order valence-electron chi connectivity index (χ2n) is 3.41. The lowest BCUT2D eigenvalue weighted by atomic mass is 9.86. The fourth-order valence-electron chi connectivity index (χ4n) is 1.75. The molecule has 13 heavy (non-hydrogen) atoms. The fraction of sp³-hybridized carbons (Fsp3) is 0.400. The number of benzene rings is 1. The van der Waals surface area contributed by atoms with Gasteiger partial charge in [-0.05, 0) is 11.1 Å². The van der Waals surface area contributed by atoms with Crippen LogP contribution in [0, 0.1) is 0 Å². The topological polar surface area (TPSA) is 60.7 Å². The Bertz CT molecular complexity index is 311. The minimum atomic E-state index is -1.06. The van der Waals surface area contributed by atoms with Gasteiger partial charge in [0.1, 0.15) is 12.2 Å². The first-order chi connectivity index (χ1) is 6.20. The van der Waals surface area contributed by atoms with Crippen LogP contribution in [0.3, 0.4) is 0 Å². The molecule has 0 aliphatic heterocycles. The molecule has 0 fully saturated rings. The van der Waals surface area contributed by atoms with E-state index in [4.69, 9.17) is 0 Å². The van der Waals surface area contributed by atoms with E-state index in [-0.39, 0.29) is 0 Å². The van der Waals surface area contributed by atoms with Crippen molar-refractivity contribution in [2.75, 3.05) is 0 Å². The Hall–Kier alpha value is -0.900. The van der Waals surface area contributed by atoms with E-state index in [9.17, 15) is 15.3 Å². The monoisotopic (exact) mass is 180 g/mol. The Balaban J connectivity index is 2.43. The van der Waals surface area contributed by atoms with Crippen molar-refractivity contribution in [3.63, 3.8) is 0 Å². The lowest BCUT2D eigenvalue weighted by Gasteiger charge is -2.30. The fourth-order valence-corrected chi connectivity index (χ4v) is 1.75. The van der Waals surface area contributed by atoms with E-state index in [1.54, 1.807) is 6.07 Å². The molecule has 0 saturated heterocycles. The molecule has 70 valence electrons. The lowest BCUT2D eigenvalue weighted by molar-refractivity contribution is -0.0685. The molecular weight excluding hydrogens is 168 g/mol. The zero-order chi connectivity index (χ0) is 9.42. The third kappa shape index (κ3) is 1.35. The van der Waals surface area contributed by atoms with Gasteiger partial charge in [-0.3, -0.25) is 0 Å². The van der Waals surface area contributed by atoms with Crippen molar-refractivity contribution in [2.45, 2.75) is 24.7 Å². The Morgan fingerprint density at radius 1 is 1.08 bits per heavy atom. The predicted molar refractivity (Wildman–Crippen MR) is 47.1 cm³/mol. The largest absolute Gasteiger partial charge is 0.390 e. The summed E-state index contributed by atoms with van der Waals surface area (Å²) >= 11 is 0. The number of aliphatic hydroxyl groups is 3. The summed E-state index contributed by atoms with van der Waals surface area (Å²) in [5.74, 6) is 0. The summed E-state index contributed by atoms with van der Waals surface area (Å²) in [7, 11) is 0. The highest BCUT2D eigenvalue weighted by Crippen LogP contribution is 2.29. The first-order valence-corrected chi connectivity index (χ1v) is 4.32. The highest BCUT2D eigenvalue weighted by molar-refractivity contribution is 5.33. The second-order valence-corrected chi connectivity index (χ2v) is 3.41. The molecule has 3 N–H and O–H groups in total. The first-order valence-electron chi connectivity index (χ1n) is 4.32. The van der Waals surface area contributed by atoms with Gasteiger partial charge in [0.25, 0.3) is 0 Å². The maximum Gasteiger partial charge on any atom is 0.110 e. The molecule has 3 heteroatoms. The summed E-state index contributed by atoms with van der Waals surface area (Å²) in [5.41, 5.74) is 1.63. The van der Waals surface area contributed by atoms with E-state index < -0.39 is 18.3 Å². The third-order valence-corrected chi connectivity index (χ3v) is 2.52. The predicted octanol–water partition coefficient (Wildman–Crippen LogP) is -0.00210. The molecule has 1 aromatic rings. The standard InChI is InChI=1S/C10H12O3/c11-8-5-6-3-1-2-4-7(6)9(12)10(8)13/h1-4,8-13H,5H2. The lowest BCUT2D eigenvalue weighted by Crippen LogP contribution is -2.38. The number of fused-ring (bicyclic) bond motifs is 1. The van der Waals surface area contributed by atoms with Crippen LogP contribution in [0.4, 0.5) is 0 Å². The van der Waals surface area contributed by atoms with Crippen LogP contribution in [-0.4, -0.2) is 27.5 Å². The molecule has 0 aromatic heterocycles. The zero-order valence-electron chi connectivity index (χ0n) is 7.09. The number of rotatable bonds is 0. The van der Waals surface area contributed by atoms with Crippen LogP contribution in [0.25, 0.3) is 0 Å². The molecule has 1 aliphatic rings. The Labute approximate surface area is 76.3 Å². The summed E-state index contributed by atoms with van der Waals surface area (Å²) in [4.78, 5) is 0. The van der Waals surface area contributed by atoms with Crippen molar-refractivity contribution in [3.05, 3.63) is 35.4 Å². The molecule has 0 heterocycles. The van der Waals surface area contributed by atoms with Gasteiger partial charge in [-0.15, -0.1) is 0 Å². The van der Waals surface area contributed by atoms with Gasteiger partial charge in [-0.25, -0.2) is 0 Å². The van der Waals surface area contributed by atoms with Crippen LogP contribution in [0.2, 0.25) is 0 Å². The first kappa shape index (κ1) is 8.69. The molecular formula is C10H12O3. The molecule has 0 amide bonds. The number of aliphatic hydroxyl groups excluding tert-OH is 3. The van der Waals surface area contributed by atoms with Gasteiger partial charge < -0.3 is 15.3 Å². The highest BCUT2D eigenvalue weighted by atomic mass is 16.4. The van der Waals surface area contributed by atoms with Gasteiger partial charge >= 0.3 is 0 Å². The maximum atomic E-state index is 9.59. The summed E-state index contributed by atoms with van der Waals surface area (Å²) in [6, 6.07) is 7.30. The average Bonchev–Trinajstić information content (AvgIpc) is 2.15. The van der Waals surface area contributed by atoms with Gasteiger partial charge in [0.15, 0.2) is 0 Å². The van der Waals surface area contributed by atoms with Crippen molar-refractivity contribution in [2.24, 2.45) is 0 Å². The Morgan fingerprint density at radius 3 is 2.54 bits per heavy atom. The van der Waals surface area contributed by atoms with Crippen LogP contribution in [0.15, 0.2) is 24.3 Å². The quantitative estimate of drug-likeness (QED) is 0.526. The van der Waals surface area contributed by atoms with Crippen LogP contribution >= 0.6 is 0 Å². The van der Waals surface area contributed by atoms with Gasteiger partial charge in [0, 0.05) is 6.42 Å². The van der Waals surface area contributed by atoms with Gasteiger partial charge in [0.2, 0.25) is 0 Å². The van der Waals surface area contributed by atoms with Gasteiger partial charge in [0.05, 0.1) is 6.10 Å². The van der Waals surface area contributed by atoms with Gasteiger partial charge in [-0.1, -0.05) is 24.3 Å². The van der Waals surface area contributed by atoms with Crippen LogP contribution in [0.5, 0.6) is 0 Å². The van der Waals surface area contributed by atoms with E-state index in [2.05, 4.69) is 0 Å². The molecule has 0 saturated carbocycles. The zero-order valence-corrected chi connectivity index (χ0v) is 7.09. The van der Waals surface area contributed by atoms with E-state index in [0.717, 1.165) is 11.1 Å². The average molecular weight is 180 g/mol. The van der Waals surface area contributed by atoms with E-state index in [1.807, 2.05) is 18.2 Å². The van der Waals surface area contributed by atoms with Crippen molar-refractivity contribution in [1.82, 2.24) is 0 Å². The van der Waals surface area contributed by atoms with Crippen molar-refractivity contribution < 1.29 is 15.3 Å². The minimum Gasteiger partial charge on any atom is -0.390 e. The molecule has 3 atom stereocenters. The summed E-state index contributed by atoms with van der Waals surface area (Å²) in [5, 5.41) is 28.4. The third-order valence-electron chi connectivity index (χ3n) is 2.52. The molecule has 2 rings (SSSR count).